The van der Waals surface area contributed by atoms with Crippen LogP contribution in [0.5, 0.6) is 0 Å². The third-order valence-electron chi connectivity index (χ3n) is 4.02. The summed E-state index contributed by atoms with van der Waals surface area (Å²) in [5.41, 5.74) is 0.0509. The number of ether oxygens (including phenoxy) is 1. The van der Waals surface area contributed by atoms with Crippen molar-refractivity contribution in [1.82, 2.24) is 0 Å². The van der Waals surface area contributed by atoms with Crippen LogP contribution in [0.15, 0.2) is 0 Å². The number of rotatable bonds is 0. The highest BCUT2D eigenvalue weighted by Gasteiger charge is 2.62. The van der Waals surface area contributed by atoms with Crippen LogP contribution in [-0.2, 0) is 9.53 Å². The minimum Gasteiger partial charge on any atom is -0.374 e. The Morgan fingerprint density at radius 3 is 3.25 bits per heavy atom. The van der Waals surface area contributed by atoms with Crippen molar-refractivity contribution in [3.8, 4) is 0 Å². The van der Waals surface area contributed by atoms with Crippen LogP contribution in [0.3, 0.4) is 0 Å². The molecule has 1 saturated heterocycles. The first-order valence-electron chi connectivity index (χ1n) is 4.99. The lowest BCUT2D eigenvalue weighted by molar-refractivity contribution is -0.172. The summed E-state index contributed by atoms with van der Waals surface area (Å²) in [6, 6.07) is 0. The Labute approximate surface area is 72.3 Å². The number of carbonyl (C=O) groups excluding carboxylic acids is 1. The van der Waals surface area contributed by atoms with Crippen molar-refractivity contribution in [3.63, 3.8) is 0 Å². The molecule has 3 aliphatic rings. The van der Waals surface area contributed by atoms with Crippen LogP contribution in [0.25, 0.3) is 0 Å². The van der Waals surface area contributed by atoms with Crippen LogP contribution in [0.4, 0.5) is 0 Å². The molecule has 0 amide bonds. The SMILES string of the molecule is O=C1CCCC23OCCC2CC13. The van der Waals surface area contributed by atoms with Gasteiger partial charge in [0.15, 0.2) is 0 Å². The molecule has 0 radical (unpaired) electrons. The summed E-state index contributed by atoms with van der Waals surface area (Å²) in [6.45, 7) is 0.897. The van der Waals surface area contributed by atoms with E-state index in [1.54, 1.807) is 0 Å². The van der Waals surface area contributed by atoms with Crippen LogP contribution >= 0.6 is 0 Å². The maximum absolute atomic E-state index is 11.5. The second-order valence-corrected chi connectivity index (χ2v) is 4.40. The standard InChI is InChI=1S/C10H14O2/c11-9-2-1-4-10-7(3-5-12-10)6-8(9)10/h7-8H,1-6H2. The highest BCUT2D eigenvalue weighted by Crippen LogP contribution is 2.57. The molecule has 2 aliphatic carbocycles. The monoisotopic (exact) mass is 166 g/mol. The predicted molar refractivity (Wildman–Crippen MR) is 43.8 cm³/mol. The Morgan fingerprint density at radius 1 is 1.50 bits per heavy atom. The van der Waals surface area contributed by atoms with Crippen LogP contribution in [-0.4, -0.2) is 18.0 Å². The van der Waals surface area contributed by atoms with Gasteiger partial charge in [-0.2, -0.15) is 0 Å². The van der Waals surface area contributed by atoms with E-state index >= 15 is 0 Å². The zero-order chi connectivity index (χ0) is 8.18. The minimum atomic E-state index is 0.0509. The van der Waals surface area contributed by atoms with Gasteiger partial charge in [0.1, 0.15) is 5.78 Å². The summed E-state index contributed by atoms with van der Waals surface area (Å²) in [5, 5.41) is 0. The quantitative estimate of drug-likeness (QED) is 0.545. The maximum atomic E-state index is 11.5. The van der Waals surface area contributed by atoms with E-state index in [9.17, 15) is 4.79 Å². The topological polar surface area (TPSA) is 26.3 Å². The number of Topliss-reactive ketones (excluding diaryl/α,β-unsaturated/α-hetero) is 1. The van der Waals surface area contributed by atoms with Gasteiger partial charge in [0.25, 0.3) is 0 Å². The van der Waals surface area contributed by atoms with Crippen LogP contribution in [0, 0.1) is 11.8 Å². The van der Waals surface area contributed by atoms with Crippen molar-refractivity contribution < 1.29 is 9.53 Å². The van der Waals surface area contributed by atoms with E-state index in [-0.39, 0.29) is 5.60 Å². The molecule has 0 aromatic rings. The molecule has 2 heteroatoms. The molecule has 3 unspecified atom stereocenters. The van der Waals surface area contributed by atoms with Gasteiger partial charge in [-0.15, -0.1) is 0 Å². The molecule has 66 valence electrons. The molecule has 1 spiro atoms. The fourth-order valence-electron chi connectivity index (χ4n) is 3.35. The second-order valence-electron chi connectivity index (χ2n) is 4.40. The molecule has 0 aromatic heterocycles. The van der Waals surface area contributed by atoms with Crippen molar-refractivity contribution >= 4 is 5.78 Å². The summed E-state index contributed by atoms with van der Waals surface area (Å²) in [4.78, 5) is 11.5. The summed E-state index contributed by atoms with van der Waals surface area (Å²) in [5.74, 6) is 1.49. The lowest BCUT2D eigenvalue weighted by Crippen LogP contribution is -2.58. The Morgan fingerprint density at radius 2 is 2.42 bits per heavy atom. The van der Waals surface area contributed by atoms with Crippen molar-refractivity contribution in [2.45, 2.75) is 37.7 Å². The van der Waals surface area contributed by atoms with Gasteiger partial charge in [-0.25, -0.2) is 0 Å². The highest BCUT2D eigenvalue weighted by molar-refractivity contribution is 5.84. The molecule has 1 heterocycles. The minimum absolute atomic E-state index is 0.0509. The Bertz CT molecular complexity index is 236. The molecule has 3 fully saturated rings. The molecule has 3 atom stereocenters. The van der Waals surface area contributed by atoms with Crippen molar-refractivity contribution in [1.29, 1.82) is 0 Å². The molecule has 0 aromatic carbocycles. The van der Waals surface area contributed by atoms with E-state index in [1.807, 2.05) is 0 Å². The molecule has 0 N–H and O–H groups in total. The van der Waals surface area contributed by atoms with E-state index in [4.69, 9.17) is 4.74 Å². The highest BCUT2D eigenvalue weighted by atomic mass is 16.5. The lowest BCUT2D eigenvalue weighted by atomic mass is 9.55. The third kappa shape index (κ3) is 0.634. The van der Waals surface area contributed by atoms with E-state index in [2.05, 4.69) is 0 Å². The number of hydrogen-bond acceptors (Lipinski definition) is 2. The van der Waals surface area contributed by atoms with Gasteiger partial charge in [-0.1, -0.05) is 0 Å². The van der Waals surface area contributed by atoms with Gasteiger partial charge < -0.3 is 4.74 Å². The van der Waals surface area contributed by atoms with Crippen LogP contribution < -0.4 is 0 Å². The fraction of sp³-hybridized carbons (Fsp3) is 0.900. The molecular weight excluding hydrogens is 152 g/mol. The van der Waals surface area contributed by atoms with Gasteiger partial charge in [0.05, 0.1) is 5.60 Å². The summed E-state index contributed by atoms with van der Waals surface area (Å²) in [7, 11) is 0. The zero-order valence-electron chi connectivity index (χ0n) is 7.21. The average molecular weight is 166 g/mol. The van der Waals surface area contributed by atoms with E-state index in [0.29, 0.717) is 11.7 Å². The smallest absolute Gasteiger partial charge is 0.138 e. The Hall–Kier alpha value is -0.370. The molecule has 12 heavy (non-hydrogen) atoms. The number of hydrogen-bond donors (Lipinski definition) is 0. The van der Waals surface area contributed by atoms with Gasteiger partial charge in [0, 0.05) is 18.9 Å². The lowest BCUT2D eigenvalue weighted by Gasteiger charge is -2.53. The molecule has 2 saturated carbocycles. The third-order valence-corrected chi connectivity index (χ3v) is 4.02. The average Bonchev–Trinajstić information content (AvgIpc) is 2.33. The first kappa shape index (κ1) is 7.07. The van der Waals surface area contributed by atoms with Crippen LogP contribution in [0.1, 0.15) is 32.1 Å². The zero-order valence-corrected chi connectivity index (χ0v) is 7.21. The number of carbonyl (C=O) groups is 1. The Balaban J connectivity index is 1.92. The van der Waals surface area contributed by atoms with Gasteiger partial charge in [-0.3, -0.25) is 4.79 Å². The summed E-state index contributed by atoms with van der Waals surface area (Å²) in [6.07, 6.45) is 5.34. The predicted octanol–water partition coefficient (Wildman–Crippen LogP) is 1.53. The van der Waals surface area contributed by atoms with Gasteiger partial charge in [-0.05, 0) is 31.6 Å². The maximum Gasteiger partial charge on any atom is 0.138 e. The largest absolute Gasteiger partial charge is 0.374 e. The molecular formula is C10H14O2. The van der Waals surface area contributed by atoms with E-state index in [0.717, 1.165) is 38.2 Å². The normalized spacial score (nSPS) is 51.2. The summed E-state index contributed by atoms with van der Waals surface area (Å²) >= 11 is 0. The van der Waals surface area contributed by atoms with E-state index in [1.165, 1.54) is 6.42 Å². The van der Waals surface area contributed by atoms with Crippen molar-refractivity contribution in [3.05, 3.63) is 0 Å². The number of ketones is 1. The molecule has 2 nitrogen and oxygen atoms in total. The Kier molecular flexibility index (Phi) is 1.24. The first-order chi connectivity index (χ1) is 5.83. The molecule has 1 aliphatic heterocycles. The van der Waals surface area contributed by atoms with Crippen molar-refractivity contribution in [2.24, 2.45) is 11.8 Å². The molecule has 0 bridgehead atoms. The van der Waals surface area contributed by atoms with Crippen LogP contribution in [0.2, 0.25) is 0 Å². The van der Waals surface area contributed by atoms with Gasteiger partial charge >= 0.3 is 0 Å². The summed E-state index contributed by atoms with van der Waals surface area (Å²) < 4.78 is 5.79. The van der Waals surface area contributed by atoms with Crippen molar-refractivity contribution in [2.75, 3.05) is 6.61 Å². The first-order valence-corrected chi connectivity index (χ1v) is 4.99. The van der Waals surface area contributed by atoms with Gasteiger partial charge in [0.2, 0.25) is 0 Å². The fourth-order valence-corrected chi connectivity index (χ4v) is 3.35. The second kappa shape index (κ2) is 2.11. The van der Waals surface area contributed by atoms with E-state index < -0.39 is 0 Å². The molecule has 3 rings (SSSR count).